The van der Waals surface area contributed by atoms with Crippen LogP contribution in [0.1, 0.15) is 10.4 Å². The van der Waals surface area contributed by atoms with Crippen LogP contribution in [0.2, 0.25) is 0 Å². The summed E-state index contributed by atoms with van der Waals surface area (Å²) < 4.78 is 8.74. The van der Waals surface area contributed by atoms with Crippen molar-refractivity contribution in [2.75, 3.05) is 26.4 Å². The van der Waals surface area contributed by atoms with E-state index >= 15 is 0 Å². The van der Waals surface area contributed by atoms with Crippen LogP contribution in [0.5, 0.6) is 0 Å². The molecule has 1 aromatic carbocycles. The molecule has 0 bridgehead atoms. The third-order valence-electron chi connectivity index (χ3n) is 1.64. The van der Waals surface area contributed by atoms with Gasteiger partial charge >= 0.3 is 12.4 Å². The Labute approximate surface area is 105 Å². The number of ether oxygens (including phenoxy) is 2. The zero-order chi connectivity index (χ0) is 13.6. The first-order chi connectivity index (χ1) is 8.76. The van der Waals surface area contributed by atoms with Gasteiger partial charge in [0.2, 0.25) is 0 Å². The van der Waals surface area contributed by atoms with Crippen molar-refractivity contribution in [3.63, 3.8) is 0 Å². The summed E-state index contributed by atoms with van der Waals surface area (Å²) in [5.74, 6) is -0.624. The molecule has 18 heavy (non-hydrogen) atoms. The highest BCUT2D eigenvalue weighted by atomic mass is 16.6. The molecule has 6 nitrogen and oxygen atoms in total. The lowest BCUT2D eigenvalue weighted by Gasteiger charge is -1.94. The van der Waals surface area contributed by atoms with E-state index in [1.165, 1.54) is 0 Å². The van der Waals surface area contributed by atoms with Crippen LogP contribution in [0.3, 0.4) is 0 Å². The van der Waals surface area contributed by atoms with Gasteiger partial charge in [0.25, 0.3) is 0 Å². The first-order valence-electron chi connectivity index (χ1n) is 5.25. The van der Waals surface area contributed by atoms with Crippen LogP contribution >= 0.6 is 0 Å². The van der Waals surface area contributed by atoms with Gasteiger partial charge in [-0.3, -0.25) is 4.79 Å². The first-order valence-corrected chi connectivity index (χ1v) is 5.25. The number of rotatable bonds is 6. The maximum absolute atomic E-state index is 10.8. The summed E-state index contributed by atoms with van der Waals surface area (Å²) in [6.07, 6.45) is 0. The molecular formula is C12H16O6. The monoisotopic (exact) mass is 256 g/mol. The van der Waals surface area contributed by atoms with Gasteiger partial charge in [-0.25, -0.2) is 4.79 Å². The van der Waals surface area contributed by atoms with E-state index in [0.29, 0.717) is 18.8 Å². The summed E-state index contributed by atoms with van der Waals surface area (Å²) in [5, 5.41) is 16.2. The Morgan fingerprint density at radius 1 is 1.11 bits per heavy atom. The molecule has 0 saturated heterocycles. The Morgan fingerprint density at radius 2 is 1.67 bits per heavy atom. The van der Waals surface area contributed by atoms with Crippen LogP contribution in [0.4, 0.5) is 0 Å². The van der Waals surface area contributed by atoms with E-state index in [-0.39, 0.29) is 19.7 Å². The minimum Gasteiger partial charge on any atom is -0.394 e. The molecule has 0 spiro atoms. The zero-order valence-corrected chi connectivity index (χ0v) is 9.82. The lowest BCUT2D eigenvalue weighted by molar-refractivity contribution is -0.123. The van der Waals surface area contributed by atoms with Gasteiger partial charge in [0.05, 0.1) is 32.0 Å². The summed E-state index contributed by atoms with van der Waals surface area (Å²) in [4.78, 5) is 20.5. The number of esters is 1. The average Bonchev–Trinajstić information content (AvgIpc) is 2.41. The molecule has 0 aliphatic heterocycles. The van der Waals surface area contributed by atoms with E-state index in [4.69, 9.17) is 10.2 Å². The molecule has 0 saturated carbocycles. The third-order valence-corrected chi connectivity index (χ3v) is 1.64. The Hall–Kier alpha value is -1.76. The third kappa shape index (κ3) is 8.40. The Balaban J connectivity index is 0.000000360. The van der Waals surface area contributed by atoms with Gasteiger partial charge in [0.1, 0.15) is 0 Å². The second-order valence-electron chi connectivity index (χ2n) is 2.93. The lowest BCUT2D eigenvalue weighted by Crippen LogP contribution is -2.03. The maximum atomic E-state index is 10.8. The molecule has 0 fully saturated rings. The molecule has 1 aromatic rings. The Kier molecular flexibility index (Phi) is 10.6. The number of benzene rings is 1. The van der Waals surface area contributed by atoms with Crippen LogP contribution in [-0.4, -0.2) is 49.1 Å². The number of hydrogen-bond donors (Lipinski definition) is 2. The van der Waals surface area contributed by atoms with Crippen LogP contribution in [0, 0.1) is 0 Å². The standard InChI is InChI=1S/C8H6O3.C4H10O3/c9-6-11-8(10)7-4-2-1-3-5-7;5-1-3-7-4-2-6/h1-6H;5-6H,1-4H2. The molecule has 100 valence electrons. The van der Waals surface area contributed by atoms with Gasteiger partial charge in [0.15, 0.2) is 0 Å². The van der Waals surface area contributed by atoms with Gasteiger partial charge in [-0.2, -0.15) is 0 Å². The topological polar surface area (TPSA) is 93.1 Å². The van der Waals surface area contributed by atoms with Gasteiger partial charge in [-0.05, 0) is 12.1 Å². The largest absolute Gasteiger partial charge is 0.394 e. The highest BCUT2D eigenvalue weighted by molar-refractivity contribution is 5.92. The zero-order valence-electron chi connectivity index (χ0n) is 9.82. The summed E-state index contributed by atoms with van der Waals surface area (Å²) in [7, 11) is 0. The molecule has 0 amide bonds. The molecule has 0 radical (unpaired) electrons. The van der Waals surface area contributed by atoms with E-state index in [1.54, 1.807) is 30.3 Å². The van der Waals surface area contributed by atoms with Crippen LogP contribution in [0.15, 0.2) is 30.3 Å². The molecular weight excluding hydrogens is 240 g/mol. The first kappa shape index (κ1) is 16.2. The number of aliphatic hydroxyl groups is 2. The van der Waals surface area contributed by atoms with E-state index in [9.17, 15) is 9.59 Å². The van der Waals surface area contributed by atoms with Crippen molar-refractivity contribution in [2.45, 2.75) is 0 Å². The fourth-order valence-electron chi connectivity index (χ4n) is 0.917. The van der Waals surface area contributed by atoms with Gasteiger partial charge in [-0.15, -0.1) is 0 Å². The van der Waals surface area contributed by atoms with E-state index < -0.39 is 5.97 Å². The number of carbonyl (C=O) groups is 2. The normalized spacial score (nSPS) is 9.00. The van der Waals surface area contributed by atoms with Crippen molar-refractivity contribution in [1.82, 2.24) is 0 Å². The molecule has 1 rings (SSSR count). The predicted molar refractivity (Wildman–Crippen MR) is 62.9 cm³/mol. The Morgan fingerprint density at radius 3 is 2.11 bits per heavy atom. The van der Waals surface area contributed by atoms with Crippen LogP contribution in [-0.2, 0) is 14.3 Å². The summed E-state index contributed by atoms with van der Waals surface area (Å²) in [6.45, 7) is 0.816. The number of aliphatic hydroxyl groups excluding tert-OH is 2. The lowest BCUT2D eigenvalue weighted by atomic mass is 10.2. The van der Waals surface area contributed by atoms with E-state index in [1.807, 2.05) is 0 Å². The molecule has 0 atom stereocenters. The van der Waals surface area contributed by atoms with Crippen molar-refractivity contribution in [1.29, 1.82) is 0 Å². The van der Waals surface area contributed by atoms with Gasteiger partial charge in [-0.1, -0.05) is 18.2 Å². The van der Waals surface area contributed by atoms with Gasteiger partial charge < -0.3 is 19.7 Å². The Bertz CT molecular complexity index is 321. The highest BCUT2D eigenvalue weighted by Gasteiger charge is 2.03. The maximum Gasteiger partial charge on any atom is 0.345 e. The smallest absolute Gasteiger partial charge is 0.345 e. The summed E-state index contributed by atoms with van der Waals surface area (Å²) in [5.41, 5.74) is 0.375. The summed E-state index contributed by atoms with van der Waals surface area (Å²) in [6, 6.07) is 8.32. The van der Waals surface area contributed by atoms with Crippen molar-refractivity contribution in [2.24, 2.45) is 0 Å². The minimum absolute atomic E-state index is 0.0278. The second kappa shape index (κ2) is 11.7. The minimum atomic E-state index is -0.624. The van der Waals surface area contributed by atoms with Crippen molar-refractivity contribution >= 4 is 12.4 Å². The van der Waals surface area contributed by atoms with E-state index in [0.717, 1.165) is 0 Å². The van der Waals surface area contributed by atoms with Crippen molar-refractivity contribution in [3.05, 3.63) is 35.9 Å². The quantitative estimate of drug-likeness (QED) is 0.322. The SMILES string of the molecule is O=COC(=O)c1ccccc1.OCCOCCO. The molecule has 0 unspecified atom stereocenters. The van der Waals surface area contributed by atoms with Gasteiger partial charge in [0, 0.05) is 0 Å². The average molecular weight is 256 g/mol. The number of carbonyl (C=O) groups excluding carboxylic acids is 2. The van der Waals surface area contributed by atoms with E-state index in [2.05, 4.69) is 9.47 Å². The molecule has 0 aliphatic carbocycles. The predicted octanol–water partition coefficient (Wildman–Crippen LogP) is -0.0126. The highest BCUT2D eigenvalue weighted by Crippen LogP contribution is 1.99. The fraction of sp³-hybridized carbons (Fsp3) is 0.333. The van der Waals surface area contributed by atoms with Crippen LogP contribution < -0.4 is 0 Å². The number of hydrogen-bond acceptors (Lipinski definition) is 6. The molecule has 6 heteroatoms. The molecule has 2 N–H and O–H groups in total. The molecule has 0 aromatic heterocycles. The fourth-order valence-corrected chi connectivity index (χ4v) is 0.917. The van der Waals surface area contributed by atoms with Crippen molar-refractivity contribution < 1.29 is 29.3 Å². The summed E-state index contributed by atoms with van der Waals surface area (Å²) >= 11 is 0. The van der Waals surface area contributed by atoms with Crippen LogP contribution in [0.25, 0.3) is 0 Å². The molecule has 0 heterocycles. The molecule has 0 aliphatic rings. The van der Waals surface area contributed by atoms with Crippen molar-refractivity contribution in [3.8, 4) is 0 Å². The second-order valence-corrected chi connectivity index (χ2v) is 2.93.